The fraction of sp³-hybridized carbons (Fsp3) is 0.154. The Morgan fingerprint density at radius 2 is 1.70 bits per heavy atom. The van der Waals surface area contributed by atoms with Crippen molar-refractivity contribution in [2.24, 2.45) is 0 Å². The molecule has 0 bridgehead atoms. The van der Waals surface area contributed by atoms with E-state index in [-0.39, 0.29) is 23.6 Å². The number of amides is 1. The van der Waals surface area contributed by atoms with Crippen LogP contribution in [0.3, 0.4) is 0 Å². The first-order chi connectivity index (χ1) is 15.9. The Morgan fingerprint density at radius 1 is 1.00 bits per heavy atom. The van der Waals surface area contributed by atoms with Gasteiger partial charge in [-0.25, -0.2) is 0 Å². The van der Waals surface area contributed by atoms with Crippen LogP contribution in [0, 0.1) is 6.92 Å². The summed E-state index contributed by atoms with van der Waals surface area (Å²) in [4.78, 5) is 28.8. The van der Waals surface area contributed by atoms with Crippen molar-refractivity contribution in [1.29, 1.82) is 0 Å². The number of rotatable bonds is 4. The summed E-state index contributed by atoms with van der Waals surface area (Å²) in [6.45, 7) is 2.11. The number of ether oxygens (including phenoxy) is 1. The average Bonchev–Trinajstić information content (AvgIpc) is 3.08. The highest BCUT2D eigenvalue weighted by Gasteiger charge is 2.42. The average molecular weight is 480 g/mol. The molecule has 0 saturated heterocycles. The Labute approximate surface area is 200 Å². The highest BCUT2D eigenvalue weighted by atomic mass is 35.5. The minimum atomic E-state index is -0.618. The molecule has 3 aromatic carbocycles. The first-order valence-corrected chi connectivity index (χ1v) is 11.1. The van der Waals surface area contributed by atoms with E-state index in [0.29, 0.717) is 26.6 Å². The van der Waals surface area contributed by atoms with Gasteiger partial charge in [0, 0.05) is 16.6 Å². The highest BCUT2D eigenvalue weighted by Crippen LogP contribution is 2.40. The molecule has 2 heterocycles. The highest BCUT2D eigenvalue weighted by molar-refractivity contribution is 6.32. The first kappa shape index (κ1) is 21.6. The smallest absolute Gasteiger partial charge is 0.291 e. The molecular weight excluding hydrogens is 461 g/mol. The van der Waals surface area contributed by atoms with Gasteiger partial charge in [-0.3, -0.25) is 9.59 Å². The monoisotopic (exact) mass is 479 g/mol. The van der Waals surface area contributed by atoms with Gasteiger partial charge in [0.05, 0.1) is 24.1 Å². The number of carbonyl (C=O) groups is 1. The maximum atomic E-state index is 13.6. The number of methoxy groups -OCH3 is 1. The summed E-state index contributed by atoms with van der Waals surface area (Å²) >= 11 is 12.4. The Kier molecular flexibility index (Phi) is 5.39. The molecule has 7 heteroatoms. The van der Waals surface area contributed by atoms with Gasteiger partial charge >= 0.3 is 0 Å². The van der Waals surface area contributed by atoms with E-state index >= 15 is 0 Å². The number of hydrogen-bond acceptors (Lipinski definition) is 4. The first-order valence-electron chi connectivity index (χ1n) is 10.3. The van der Waals surface area contributed by atoms with E-state index in [1.54, 1.807) is 36.3 Å². The molecule has 1 unspecified atom stereocenters. The van der Waals surface area contributed by atoms with Gasteiger partial charge in [0.25, 0.3) is 5.91 Å². The van der Waals surface area contributed by atoms with Crippen LogP contribution in [0.1, 0.15) is 38.9 Å². The van der Waals surface area contributed by atoms with Gasteiger partial charge < -0.3 is 14.1 Å². The zero-order chi connectivity index (χ0) is 23.3. The molecular formula is C26H19Cl2NO4. The fourth-order valence-corrected chi connectivity index (χ4v) is 4.51. The maximum absolute atomic E-state index is 13.6. The molecule has 1 aliphatic heterocycles. The SMILES string of the molecule is COc1ccc(CN2C(=O)c3oc4cc(C)c(Cl)cc4c(=O)c3C2c2ccc(Cl)cc2)cc1. The second-order valence-corrected chi connectivity index (χ2v) is 8.85. The molecule has 1 aliphatic rings. The molecule has 0 aliphatic carbocycles. The molecule has 0 radical (unpaired) electrons. The van der Waals surface area contributed by atoms with Crippen molar-refractivity contribution in [3.8, 4) is 5.75 Å². The zero-order valence-electron chi connectivity index (χ0n) is 17.9. The van der Waals surface area contributed by atoms with Crippen LogP contribution in [0.25, 0.3) is 11.0 Å². The minimum absolute atomic E-state index is 0.0580. The molecule has 1 amide bonds. The van der Waals surface area contributed by atoms with E-state index < -0.39 is 6.04 Å². The number of benzene rings is 3. The predicted molar refractivity (Wildman–Crippen MR) is 128 cm³/mol. The van der Waals surface area contributed by atoms with Crippen LogP contribution in [0.5, 0.6) is 5.75 Å². The molecule has 0 saturated carbocycles. The number of carbonyl (C=O) groups excluding carboxylic acids is 1. The van der Waals surface area contributed by atoms with Gasteiger partial charge in [0.2, 0.25) is 5.76 Å². The molecule has 0 fully saturated rings. The van der Waals surface area contributed by atoms with Crippen LogP contribution < -0.4 is 10.2 Å². The van der Waals surface area contributed by atoms with E-state index in [1.165, 1.54) is 0 Å². The van der Waals surface area contributed by atoms with E-state index in [0.717, 1.165) is 22.4 Å². The molecule has 1 atom stereocenters. The van der Waals surface area contributed by atoms with E-state index in [4.69, 9.17) is 32.4 Å². The summed E-state index contributed by atoms with van der Waals surface area (Å²) in [7, 11) is 1.60. The third-order valence-electron chi connectivity index (χ3n) is 5.94. The van der Waals surface area contributed by atoms with Crippen LogP contribution in [0.4, 0.5) is 0 Å². The van der Waals surface area contributed by atoms with Crippen molar-refractivity contribution in [3.63, 3.8) is 0 Å². The van der Waals surface area contributed by atoms with Crippen LogP contribution in [0.2, 0.25) is 10.0 Å². The van der Waals surface area contributed by atoms with Crippen molar-refractivity contribution in [2.45, 2.75) is 19.5 Å². The lowest BCUT2D eigenvalue weighted by molar-refractivity contribution is 0.0714. The number of nitrogens with zero attached hydrogens (tertiary/aromatic N) is 1. The van der Waals surface area contributed by atoms with Crippen LogP contribution in [-0.2, 0) is 6.54 Å². The van der Waals surface area contributed by atoms with Crippen molar-refractivity contribution in [3.05, 3.63) is 109 Å². The summed E-state index contributed by atoms with van der Waals surface area (Å²) in [5.41, 5.74) is 2.82. The maximum Gasteiger partial charge on any atom is 0.291 e. The molecule has 33 heavy (non-hydrogen) atoms. The normalized spacial score (nSPS) is 15.2. The van der Waals surface area contributed by atoms with Crippen molar-refractivity contribution < 1.29 is 13.9 Å². The number of fused-ring (bicyclic) bond motifs is 2. The number of halogens is 2. The lowest BCUT2D eigenvalue weighted by Gasteiger charge is -2.25. The molecule has 4 aromatic rings. The van der Waals surface area contributed by atoms with Crippen molar-refractivity contribution in [2.75, 3.05) is 7.11 Å². The lowest BCUT2D eigenvalue weighted by Crippen LogP contribution is -2.29. The number of aryl methyl sites for hydroxylation is 1. The van der Waals surface area contributed by atoms with Gasteiger partial charge in [-0.1, -0.05) is 47.5 Å². The predicted octanol–water partition coefficient (Wildman–Crippen LogP) is 6.16. The van der Waals surface area contributed by atoms with Crippen molar-refractivity contribution >= 4 is 40.1 Å². The van der Waals surface area contributed by atoms with Gasteiger partial charge in [0.15, 0.2) is 5.43 Å². The Hall–Kier alpha value is -3.28. The second-order valence-electron chi connectivity index (χ2n) is 8.01. The topological polar surface area (TPSA) is 59.8 Å². The Morgan fingerprint density at radius 3 is 2.36 bits per heavy atom. The summed E-state index contributed by atoms with van der Waals surface area (Å²) in [6, 6.07) is 17.3. The Balaban J connectivity index is 1.70. The quantitative estimate of drug-likeness (QED) is 0.351. The van der Waals surface area contributed by atoms with Gasteiger partial charge in [-0.05, 0) is 60.0 Å². The van der Waals surface area contributed by atoms with Gasteiger partial charge in [-0.15, -0.1) is 0 Å². The summed E-state index contributed by atoms with van der Waals surface area (Å²) in [5.74, 6) is 0.439. The summed E-state index contributed by atoms with van der Waals surface area (Å²) < 4.78 is 11.2. The van der Waals surface area contributed by atoms with E-state index in [9.17, 15) is 9.59 Å². The van der Waals surface area contributed by atoms with Crippen molar-refractivity contribution in [1.82, 2.24) is 4.90 Å². The number of hydrogen-bond donors (Lipinski definition) is 0. The summed E-state index contributed by atoms with van der Waals surface area (Å²) in [6.07, 6.45) is 0. The lowest BCUT2D eigenvalue weighted by atomic mass is 9.98. The molecule has 166 valence electrons. The van der Waals surface area contributed by atoms with Crippen LogP contribution in [0.15, 0.2) is 69.9 Å². The second kappa shape index (κ2) is 8.25. The largest absolute Gasteiger partial charge is 0.497 e. The fourth-order valence-electron chi connectivity index (χ4n) is 4.22. The molecule has 5 rings (SSSR count). The van der Waals surface area contributed by atoms with Gasteiger partial charge in [0.1, 0.15) is 11.3 Å². The molecule has 5 nitrogen and oxygen atoms in total. The molecule has 0 N–H and O–H groups in total. The van der Waals surface area contributed by atoms with E-state index in [1.807, 2.05) is 43.3 Å². The third kappa shape index (κ3) is 3.67. The molecule has 1 aromatic heterocycles. The third-order valence-corrected chi connectivity index (χ3v) is 6.60. The zero-order valence-corrected chi connectivity index (χ0v) is 19.4. The molecule has 0 spiro atoms. The van der Waals surface area contributed by atoms with Crippen LogP contribution in [-0.4, -0.2) is 17.9 Å². The van der Waals surface area contributed by atoms with E-state index in [2.05, 4.69) is 0 Å². The van der Waals surface area contributed by atoms with Crippen LogP contribution >= 0.6 is 23.2 Å². The Bertz CT molecular complexity index is 1440. The standard InChI is InChI=1S/C26H19Cl2NO4/c1-14-11-21-19(12-20(14)28)24(30)22-23(16-5-7-17(27)8-6-16)29(26(31)25(22)33-21)13-15-3-9-18(32-2)10-4-15/h3-12,23H,13H2,1-2H3. The minimum Gasteiger partial charge on any atom is -0.497 e. The van der Waals surface area contributed by atoms with Gasteiger partial charge in [-0.2, -0.15) is 0 Å². The summed E-state index contributed by atoms with van der Waals surface area (Å²) in [5, 5.41) is 1.39.